The molecule has 1 atom stereocenters. The van der Waals surface area contributed by atoms with Crippen molar-refractivity contribution in [2.24, 2.45) is 11.3 Å². The van der Waals surface area contributed by atoms with E-state index in [1.54, 1.807) is 22.5 Å². The van der Waals surface area contributed by atoms with Crippen LogP contribution in [0.2, 0.25) is 0 Å². The Bertz CT molecular complexity index is 1490. The number of benzene rings is 2. The molecule has 204 valence electrons. The molecule has 2 aliphatic carbocycles. The lowest BCUT2D eigenvalue weighted by atomic mass is 9.67. The molecule has 6 nitrogen and oxygen atoms in total. The zero-order valence-electron chi connectivity index (χ0n) is 22.2. The number of hydrogen-bond donors (Lipinski definition) is 0. The third kappa shape index (κ3) is 4.66. The summed E-state index contributed by atoms with van der Waals surface area (Å²) in [5.41, 5.74) is 5.14. The van der Waals surface area contributed by atoms with Gasteiger partial charge in [-0.2, -0.15) is 8.88 Å². The van der Waals surface area contributed by atoms with Crippen molar-refractivity contribution in [2.45, 2.75) is 43.4 Å². The van der Waals surface area contributed by atoms with Crippen LogP contribution in [0.15, 0.2) is 76.8 Å². The molecule has 39 heavy (non-hydrogen) atoms. The number of halogens is 1. The number of nitrogens with zero attached hydrogens (tertiary/aromatic N) is 3. The first-order chi connectivity index (χ1) is 18.9. The summed E-state index contributed by atoms with van der Waals surface area (Å²) in [4.78, 5) is 2.65. The SMILES string of the molecule is O=S(=O)(c1cccc(N2CCCC2)c1)N1CCC2=CC3=[N+](c4ccc(F)cc4)C=C3CC2(COCC2CC2)C1. The second-order valence-corrected chi connectivity index (χ2v) is 13.7. The first-order valence-electron chi connectivity index (χ1n) is 14.2. The van der Waals surface area contributed by atoms with Crippen molar-refractivity contribution in [3.63, 3.8) is 0 Å². The maximum atomic E-state index is 14.0. The van der Waals surface area contributed by atoms with Crippen LogP contribution in [0.3, 0.4) is 0 Å². The van der Waals surface area contributed by atoms with Crippen LogP contribution in [0.25, 0.3) is 0 Å². The van der Waals surface area contributed by atoms with Crippen LogP contribution in [0.4, 0.5) is 15.8 Å². The van der Waals surface area contributed by atoms with Crippen LogP contribution in [-0.2, 0) is 14.8 Å². The van der Waals surface area contributed by atoms with Gasteiger partial charge in [-0.15, -0.1) is 0 Å². The van der Waals surface area contributed by atoms with Crippen LogP contribution < -0.4 is 4.90 Å². The molecular weight excluding hydrogens is 513 g/mol. The molecule has 0 N–H and O–H groups in total. The van der Waals surface area contributed by atoms with Gasteiger partial charge in [0.2, 0.25) is 21.4 Å². The molecule has 0 bridgehead atoms. The first kappa shape index (κ1) is 25.2. The third-order valence-corrected chi connectivity index (χ3v) is 10.8. The number of sulfonamides is 1. The smallest absolute Gasteiger partial charge is 0.243 e. The van der Waals surface area contributed by atoms with Gasteiger partial charge >= 0.3 is 0 Å². The van der Waals surface area contributed by atoms with Crippen LogP contribution in [0.1, 0.15) is 38.5 Å². The molecule has 5 aliphatic rings. The van der Waals surface area contributed by atoms with Gasteiger partial charge in [-0.1, -0.05) is 11.6 Å². The summed E-state index contributed by atoms with van der Waals surface area (Å²) in [6.07, 6.45) is 10.5. The minimum absolute atomic E-state index is 0.248. The van der Waals surface area contributed by atoms with Crippen molar-refractivity contribution >= 4 is 27.1 Å². The number of allylic oxidation sites excluding steroid dienone is 2. The molecule has 0 spiro atoms. The summed E-state index contributed by atoms with van der Waals surface area (Å²) < 4.78 is 51.5. The Hall–Kier alpha value is -2.81. The maximum absolute atomic E-state index is 14.0. The number of ether oxygens (including phenoxy) is 1. The van der Waals surface area contributed by atoms with E-state index < -0.39 is 10.0 Å². The number of fused-ring (bicyclic) bond motifs is 2. The van der Waals surface area contributed by atoms with E-state index >= 15 is 0 Å². The zero-order chi connectivity index (χ0) is 26.6. The van der Waals surface area contributed by atoms with Crippen molar-refractivity contribution in [2.75, 3.05) is 44.3 Å². The summed E-state index contributed by atoms with van der Waals surface area (Å²) in [5, 5.41) is 0. The average Bonchev–Trinajstić information content (AvgIpc) is 3.59. The lowest BCUT2D eigenvalue weighted by Gasteiger charge is -2.46. The third-order valence-electron chi connectivity index (χ3n) is 8.96. The molecule has 0 radical (unpaired) electrons. The van der Waals surface area contributed by atoms with Gasteiger partial charge in [0, 0.05) is 62.1 Å². The molecule has 2 aromatic rings. The monoisotopic (exact) mass is 548 g/mol. The fourth-order valence-corrected chi connectivity index (χ4v) is 8.08. The molecule has 8 heteroatoms. The number of anilines is 1. The quantitative estimate of drug-likeness (QED) is 0.423. The van der Waals surface area contributed by atoms with E-state index in [9.17, 15) is 12.8 Å². The molecular formula is C31H35FN3O3S+. The van der Waals surface area contributed by atoms with Gasteiger partial charge in [-0.3, -0.25) is 0 Å². The molecule has 3 aliphatic heterocycles. The number of hydrogen-bond acceptors (Lipinski definition) is 4. The van der Waals surface area contributed by atoms with Crippen LogP contribution in [-0.4, -0.2) is 62.4 Å². The lowest BCUT2D eigenvalue weighted by molar-refractivity contribution is -0.374. The molecule has 0 aromatic heterocycles. The highest BCUT2D eigenvalue weighted by Gasteiger charge is 2.50. The molecule has 1 saturated carbocycles. The fourth-order valence-electron chi connectivity index (χ4n) is 6.51. The Labute approximate surface area is 230 Å². The van der Waals surface area contributed by atoms with Gasteiger partial charge < -0.3 is 9.64 Å². The highest BCUT2D eigenvalue weighted by molar-refractivity contribution is 7.89. The van der Waals surface area contributed by atoms with E-state index in [1.807, 2.05) is 18.2 Å². The van der Waals surface area contributed by atoms with Crippen molar-refractivity contribution in [3.8, 4) is 0 Å². The zero-order valence-corrected chi connectivity index (χ0v) is 23.0. The van der Waals surface area contributed by atoms with E-state index in [0.717, 1.165) is 56.0 Å². The Kier molecular flexibility index (Phi) is 6.25. The Morgan fingerprint density at radius 3 is 2.62 bits per heavy atom. The van der Waals surface area contributed by atoms with Crippen molar-refractivity contribution < 1.29 is 22.1 Å². The summed E-state index contributed by atoms with van der Waals surface area (Å²) in [6.45, 7) is 4.10. The summed E-state index contributed by atoms with van der Waals surface area (Å²) in [5.74, 6) is 0.398. The standard InChI is InChI=1S/C31H35FN3O3S/c32-26-8-10-27(11-9-26)35-19-24-18-31(22-38-20-23-6-7-23)21-34(15-12-25(31)16-30(24)35)39(36,37)29-5-3-4-28(17-29)33-13-1-2-14-33/h3-5,8-11,16-17,19,23H,1-2,6-7,12-15,18,20-22H2/q+1. The Morgan fingerprint density at radius 1 is 1.05 bits per heavy atom. The number of rotatable bonds is 8. The van der Waals surface area contributed by atoms with Gasteiger partial charge in [0.1, 0.15) is 5.82 Å². The minimum Gasteiger partial charge on any atom is -0.380 e. The maximum Gasteiger partial charge on any atom is 0.243 e. The van der Waals surface area contributed by atoms with Gasteiger partial charge in [0.05, 0.1) is 17.1 Å². The molecule has 7 rings (SSSR count). The van der Waals surface area contributed by atoms with E-state index in [2.05, 4.69) is 21.8 Å². The largest absolute Gasteiger partial charge is 0.380 e. The highest BCUT2D eigenvalue weighted by atomic mass is 32.2. The van der Waals surface area contributed by atoms with Gasteiger partial charge in [0.15, 0.2) is 6.20 Å². The normalized spacial score (nSPS) is 25.1. The predicted octanol–water partition coefficient (Wildman–Crippen LogP) is 5.25. The Morgan fingerprint density at radius 2 is 1.85 bits per heavy atom. The van der Waals surface area contributed by atoms with Crippen molar-refractivity contribution in [1.29, 1.82) is 0 Å². The van der Waals surface area contributed by atoms with Crippen LogP contribution >= 0.6 is 0 Å². The topological polar surface area (TPSA) is 52.9 Å². The van der Waals surface area contributed by atoms with Gasteiger partial charge in [-0.05, 0) is 74.8 Å². The van der Waals surface area contributed by atoms with Gasteiger partial charge in [-0.25, -0.2) is 12.8 Å². The highest BCUT2D eigenvalue weighted by Crippen LogP contribution is 2.48. The summed E-state index contributed by atoms with van der Waals surface area (Å²) in [6, 6.07) is 14.0. The second-order valence-electron chi connectivity index (χ2n) is 11.8. The van der Waals surface area contributed by atoms with E-state index in [-0.39, 0.29) is 11.2 Å². The predicted molar refractivity (Wildman–Crippen MR) is 149 cm³/mol. The molecule has 2 aromatic carbocycles. The van der Waals surface area contributed by atoms with Crippen LogP contribution in [0, 0.1) is 17.2 Å². The van der Waals surface area contributed by atoms with Gasteiger partial charge in [0.25, 0.3) is 0 Å². The van der Waals surface area contributed by atoms with Crippen LogP contribution in [0.5, 0.6) is 0 Å². The minimum atomic E-state index is -3.65. The molecule has 3 heterocycles. The van der Waals surface area contributed by atoms with Crippen molar-refractivity contribution in [3.05, 3.63) is 77.8 Å². The summed E-state index contributed by atoms with van der Waals surface area (Å²) >= 11 is 0. The van der Waals surface area contributed by atoms with E-state index in [1.165, 1.54) is 36.1 Å². The molecule has 3 fully saturated rings. The van der Waals surface area contributed by atoms with Crippen molar-refractivity contribution in [1.82, 2.24) is 4.31 Å². The first-order valence-corrected chi connectivity index (χ1v) is 15.6. The van der Waals surface area contributed by atoms with E-state index in [4.69, 9.17) is 4.74 Å². The van der Waals surface area contributed by atoms with E-state index in [0.29, 0.717) is 36.9 Å². The molecule has 2 saturated heterocycles. The average molecular weight is 549 g/mol. The Balaban J connectivity index is 1.18. The number of piperidine rings is 1. The molecule has 0 amide bonds. The lowest BCUT2D eigenvalue weighted by Crippen LogP contribution is -2.52. The second kappa shape index (κ2) is 9.68. The summed E-state index contributed by atoms with van der Waals surface area (Å²) in [7, 11) is -3.65. The molecule has 1 unspecified atom stereocenters. The fraction of sp³-hybridized carbons (Fsp3) is 0.452.